The highest BCUT2D eigenvalue weighted by Crippen LogP contribution is 2.24. The van der Waals surface area contributed by atoms with E-state index in [4.69, 9.17) is 0 Å². The number of rotatable bonds is 4. The van der Waals surface area contributed by atoms with Crippen molar-refractivity contribution in [1.29, 1.82) is 0 Å². The molecule has 0 radical (unpaired) electrons. The maximum Gasteiger partial charge on any atom is 0.252 e. The number of fused-ring (bicyclic) bond motifs is 1. The van der Waals surface area contributed by atoms with Crippen LogP contribution in [0.3, 0.4) is 0 Å². The average molecular weight is 283 g/mol. The Hall–Kier alpha value is -2.63. The number of aromatic nitrogens is 4. The molecular weight excluding hydrogens is 266 g/mol. The van der Waals surface area contributed by atoms with Gasteiger partial charge < -0.3 is 10.3 Å². The maximum absolute atomic E-state index is 12.0. The van der Waals surface area contributed by atoms with Crippen LogP contribution in [0, 0.1) is 5.92 Å². The van der Waals surface area contributed by atoms with Gasteiger partial charge in [-0.3, -0.25) is 9.89 Å². The Morgan fingerprint density at radius 2 is 2.29 bits per heavy atom. The SMILES string of the molecule is CC(C)CNC(=O)c1c[nH]c(-c2[nH]nc3ncccc23)c1. The lowest BCUT2D eigenvalue weighted by atomic mass is 10.2. The summed E-state index contributed by atoms with van der Waals surface area (Å²) in [6.07, 6.45) is 3.40. The van der Waals surface area contributed by atoms with Crippen molar-refractivity contribution >= 4 is 16.9 Å². The second kappa shape index (κ2) is 5.40. The Morgan fingerprint density at radius 3 is 3.10 bits per heavy atom. The van der Waals surface area contributed by atoms with Crippen molar-refractivity contribution in [1.82, 2.24) is 25.5 Å². The second-order valence-corrected chi connectivity index (χ2v) is 5.38. The van der Waals surface area contributed by atoms with Crippen molar-refractivity contribution in [3.05, 3.63) is 36.2 Å². The van der Waals surface area contributed by atoms with Crippen LogP contribution in [0.15, 0.2) is 30.6 Å². The first kappa shape index (κ1) is 13.4. The molecule has 3 aromatic heterocycles. The Morgan fingerprint density at radius 1 is 1.43 bits per heavy atom. The molecule has 0 saturated carbocycles. The highest BCUT2D eigenvalue weighted by atomic mass is 16.1. The summed E-state index contributed by atoms with van der Waals surface area (Å²) in [6, 6.07) is 5.62. The van der Waals surface area contributed by atoms with E-state index < -0.39 is 0 Å². The summed E-state index contributed by atoms with van der Waals surface area (Å²) in [7, 11) is 0. The Bertz CT molecular complexity index is 771. The molecule has 0 fully saturated rings. The first-order valence-electron chi connectivity index (χ1n) is 6.91. The van der Waals surface area contributed by atoms with Crippen LogP contribution in [0.2, 0.25) is 0 Å². The van der Waals surface area contributed by atoms with Crippen LogP contribution in [0.5, 0.6) is 0 Å². The predicted octanol–water partition coefficient (Wildman–Crippen LogP) is 2.34. The van der Waals surface area contributed by atoms with Crippen molar-refractivity contribution in [3.8, 4) is 11.4 Å². The molecule has 0 aromatic carbocycles. The summed E-state index contributed by atoms with van der Waals surface area (Å²) in [4.78, 5) is 19.3. The molecule has 1 amide bonds. The molecule has 0 aliphatic rings. The number of hydrogen-bond acceptors (Lipinski definition) is 3. The monoisotopic (exact) mass is 283 g/mol. The number of H-pyrrole nitrogens is 2. The number of carbonyl (C=O) groups is 1. The number of pyridine rings is 1. The van der Waals surface area contributed by atoms with E-state index in [-0.39, 0.29) is 5.91 Å². The average Bonchev–Trinajstić information content (AvgIpc) is 3.10. The highest BCUT2D eigenvalue weighted by molar-refractivity contribution is 5.97. The van der Waals surface area contributed by atoms with Gasteiger partial charge in [0.25, 0.3) is 5.91 Å². The smallest absolute Gasteiger partial charge is 0.252 e. The van der Waals surface area contributed by atoms with Crippen molar-refractivity contribution in [3.63, 3.8) is 0 Å². The van der Waals surface area contributed by atoms with Crippen molar-refractivity contribution < 1.29 is 4.79 Å². The lowest BCUT2D eigenvalue weighted by Gasteiger charge is -2.05. The normalized spacial score (nSPS) is 11.2. The van der Waals surface area contributed by atoms with Gasteiger partial charge in [-0.1, -0.05) is 13.8 Å². The summed E-state index contributed by atoms with van der Waals surface area (Å²) < 4.78 is 0. The van der Waals surface area contributed by atoms with E-state index in [1.807, 2.05) is 18.2 Å². The number of nitrogens with zero attached hydrogens (tertiary/aromatic N) is 2. The molecule has 0 saturated heterocycles. The number of nitrogens with one attached hydrogen (secondary N) is 3. The van der Waals surface area contributed by atoms with Crippen LogP contribution < -0.4 is 5.32 Å². The van der Waals surface area contributed by atoms with Gasteiger partial charge in [-0.2, -0.15) is 5.10 Å². The number of amides is 1. The summed E-state index contributed by atoms with van der Waals surface area (Å²) in [5.74, 6) is 0.350. The van der Waals surface area contributed by atoms with Gasteiger partial charge in [0.05, 0.1) is 17.0 Å². The Labute approximate surface area is 122 Å². The topological polar surface area (TPSA) is 86.5 Å². The molecule has 108 valence electrons. The molecular formula is C15H17N5O. The molecule has 0 atom stereocenters. The van der Waals surface area contributed by atoms with Crippen molar-refractivity contribution in [2.45, 2.75) is 13.8 Å². The van der Waals surface area contributed by atoms with Gasteiger partial charge in [0.2, 0.25) is 0 Å². The molecule has 0 aliphatic carbocycles. The number of carbonyl (C=O) groups excluding carboxylic acids is 1. The van der Waals surface area contributed by atoms with Gasteiger partial charge in [-0.05, 0) is 24.1 Å². The molecule has 0 spiro atoms. The van der Waals surface area contributed by atoms with Crippen LogP contribution in [0.4, 0.5) is 0 Å². The lowest BCUT2D eigenvalue weighted by Crippen LogP contribution is -2.26. The van der Waals surface area contributed by atoms with Crippen LogP contribution in [0.25, 0.3) is 22.4 Å². The fraction of sp³-hybridized carbons (Fsp3) is 0.267. The number of hydrogen-bond donors (Lipinski definition) is 3. The van der Waals surface area contributed by atoms with E-state index in [0.717, 1.165) is 16.8 Å². The van der Waals surface area contributed by atoms with E-state index in [9.17, 15) is 4.79 Å². The highest BCUT2D eigenvalue weighted by Gasteiger charge is 2.13. The summed E-state index contributed by atoms with van der Waals surface area (Å²) in [5, 5.41) is 10.9. The van der Waals surface area contributed by atoms with Crippen LogP contribution in [-0.2, 0) is 0 Å². The van der Waals surface area contributed by atoms with Gasteiger partial charge in [0.15, 0.2) is 5.65 Å². The standard InChI is InChI=1S/C15H17N5O/c1-9(2)7-18-15(21)10-6-12(17-8-10)13-11-4-3-5-16-14(11)20-19-13/h3-6,8-9,17H,7H2,1-2H3,(H,18,21)(H,16,19,20). The number of aromatic amines is 2. The van der Waals surface area contributed by atoms with Crippen LogP contribution >= 0.6 is 0 Å². The van der Waals surface area contributed by atoms with Crippen molar-refractivity contribution in [2.24, 2.45) is 5.92 Å². The zero-order valence-electron chi connectivity index (χ0n) is 12.0. The second-order valence-electron chi connectivity index (χ2n) is 5.38. The molecule has 6 heteroatoms. The van der Waals surface area contributed by atoms with E-state index in [0.29, 0.717) is 23.7 Å². The van der Waals surface area contributed by atoms with E-state index in [2.05, 4.69) is 39.3 Å². The third-order valence-electron chi connectivity index (χ3n) is 3.22. The van der Waals surface area contributed by atoms with Crippen LogP contribution in [-0.4, -0.2) is 32.6 Å². The predicted molar refractivity (Wildman–Crippen MR) is 80.8 cm³/mol. The molecule has 0 unspecified atom stereocenters. The van der Waals surface area contributed by atoms with Gasteiger partial charge in [-0.15, -0.1) is 0 Å². The molecule has 3 aromatic rings. The van der Waals surface area contributed by atoms with Gasteiger partial charge in [-0.25, -0.2) is 4.98 Å². The molecule has 21 heavy (non-hydrogen) atoms. The van der Waals surface area contributed by atoms with Gasteiger partial charge >= 0.3 is 0 Å². The fourth-order valence-corrected chi connectivity index (χ4v) is 2.12. The molecule has 6 nitrogen and oxygen atoms in total. The van der Waals surface area contributed by atoms with Crippen molar-refractivity contribution in [2.75, 3.05) is 6.54 Å². The van der Waals surface area contributed by atoms with Crippen LogP contribution in [0.1, 0.15) is 24.2 Å². The lowest BCUT2D eigenvalue weighted by molar-refractivity contribution is 0.0949. The quantitative estimate of drug-likeness (QED) is 0.687. The van der Waals surface area contributed by atoms with E-state index in [1.165, 1.54) is 0 Å². The molecule has 3 heterocycles. The molecule has 3 N–H and O–H groups in total. The van der Waals surface area contributed by atoms with Gasteiger partial charge in [0, 0.05) is 24.3 Å². The first-order chi connectivity index (χ1) is 10.1. The minimum absolute atomic E-state index is 0.0758. The van der Waals surface area contributed by atoms with Gasteiger partial charge in [0.1, 0.15) is 0 Å². The van der Waals surface area contributed by atoms with E-state index in [1.54, 1.807) is 12.4 Å². The fourth-order valence-electron chi connectivity index (χ4n) is 2.12. The molecule has 0 aliphatic heterocycles. The summed E-state index contributed by atoms with van der Waals surface area (Å²) in [5.41, 5.74) is 2.92. The maximum atomic E-state index is 12.0. The third-order valence-corrected chi connectivity index (χ3v) is 3.22. The zero-order valence-corrected chi connectivity index (χ0v) is 12.0. The largest absolute Gasteiger partial charge is 0.359 e. The summed E-state index contributed by atoms with van der Waals surface area (Å²) in [6.45, 7) is 4.79. The first-order valence-corrected chi connectivity index (χ1v) is 6.91. The Kier molecular flexibility index (Phi) is 3.43. The van der Waals surface area contributed by atoms with E-state index >= 15 is 0 Å². The molecule has 3 rings (SSSR count). The third kappa shape index (κ3) is 2.65. The summed E-state index contributed by atoms with van der Waals surface area (Å²) >= 11 is 0. The minimum Gasteiger partial charge on any atom is -0.359 e. The zero-order chi connectivity index (χ0) is 14.8. The minimum atomic E-state index is -0.0758. The molecule has 0 bridgehead atoms. The Balaban J connectivity index is 1.86.